The number of morpholine rings is 1. The third-order valence-corrected chi connectivity index (χ3v) is 4.24. The Morgan fingerprint density at radius 1 is 1.43 bits per heavy atom. The summed E-state index contributed by atoms with van der Waals surface area (Å²) >= 11 is 6.89. The van der Waals surface area contributed by atoms with E-state index in [1.54, 1.807) is 6.21 Å². The van der Waals surface area contributed by atoms with Gasteiger partial charge in [-0.1, -0.05) is 15.9 Å². The molecule has 0 unspecified atom stereocenters. The third kappa shape index (κ3) is 5.87. The highest BCUT2D eigenvalue weighted by atomic mass is 79.9. The standard InChI is InChI=1S/C15H19Br2N3O3/c1-2-23-15-11(7-12(16)8-13(15)17)9-18-19-14(21)10-20-3-5-22-6-4-20/h7-9H,2-6,10H2,1H3,(H,19,21)/b18-9-. The van der Waals surface area contributed by atoms with E-state index in [0.29, 0.717) is 32.1 Å². The van der Waals surface area contributed by atoms with Gasteiger partial charge in [0.15, 0.2) is 0 Å². The molecule has 0 atom stereocenters. The van der Waals surface area contributed by atoms with Crippen LogP contribution in [0.5, 0.6) is 5.75 Å². The Bertz CT molecular complexity index is 575. The molecule has 0 bridgehead atoms. The van der Waals surface area contributed by atoms with E-state index in [2.05, 4.69) is 42.4 Å². The molecule has 1 saturated heterocycles. The molecular formula is C15H19Br2N3O3. The zero-order valence-electron chi connectivity index (χ0n) is 12.8. The van der Waals surface area contributed by atoms with E-state index in [0.717, 1.165) is 27.6 Å². The van der Waals surface area contributed by atoms with Crippen molar-refractivity contribution in [2.24, 2.45) is 5.10 Å². The number of ether oxygens (including phenoxy) is 2. The zero-order chi connectivity index (χ0) is 16.7. The molecule has 6 nitrogen and oxygen atoms in total. The van der Waals surface area contributed by atoms with Crippen molar-refractivity contribution in [3.8, 4) is 5.75 Å². The van der Waals surface area contributed by atoms with Crippen LogP contribution in [0.3, 0.4) is 0 Å². The first-order chi connectivity index (χ1) is 11.1. The van der Waals surface area contributed by atoms with E-state index in [-0.39, 0.29) is 5.91 Å². The molecule has 1 N–H and O–H groups in total. The summed E-state index contributed by atoms with van der Waals surface area (Å²) in [6.07, 6.45) is 1.58. The molecule has 126 valence electrons. The van der Waals surface area contributed by atoms with Gasteiger partial charge in [-0.15, -0.1) is 0 Å². The number of amides is 1. The molecular weight excluding hydrogens is 430 g/mol. The number of nitrogens with zero attached hydrogens (tertiary/aromatic N) is 2. The van der Waals surface area contributed by atoms with Gasteiger partial charge in [0.25, 0.3) is 5.91 Å². The Balaban J connectivity index is 1.95. The molecule has 2 rings (SSSR count). The second-order valence-electron chi connectivity index (χ2n) is 4.92. The monoisotopic (exact) mass is 447 g/mol. The molecule has 1 fully saturated rings. The lowest BCUT2D eigenvalue weighted by molar-refractivity contribution is -0.123. The molecule has 1 amide bonds. The number of hydrogen-bond acceptors (Lipinski definition) is 5. The summed E-state index contributed by atoms with van der Waals surface area (Å²) in [6.45, 7) is 5.65. The van der Waals surface area contributed by atoms with Crippen molar-refractivity contribution in [2.45, 2.75) is 6.92 Å². The number of hydrazone groups is 1. The van der Waals surface area contributed by atoms with E-state index in [4.69, 9.17) is 9.47 Å². The number of halogens is 2. The van der Waals surface area contributed by atoms with Gasteiger partial charge in [0.2, 0.25) is 0 Å². The zero-order valence-corrected chi connectivity index (χ0v) is 16.0. The van der Waals surface area contributed by atoms with Gasteiger partial charge in [0, 0.05) is 23.1 Å². The third-order valence-electron chi connectivity index (χ3n) is 3.19. The molecule has 0 spiro atoms. The van der Waals surface area contributed by atoms with E-state index in [1.807, 2.05) is 24.0 Å². The van der Waals surface area contributed by atoms with Crippen molar-refractivity contribution in [1.82, 2.24) is 10.3 Å². The summed E-state index contributed by atoms with van der Waals surface area (Å²) in [5.74, 6) is 0.553. The lowest BCUT2D eigenvalue weighted by atomic mass is 10.2. The fourth-order valence-electron chi connectivity index (χ4n) is 2.14. The molecule has 1 heterocycles. The molecule has 0 radical (unpaired) electrons. The van der Waals surface area contributed by atoms with E-state index < -0.39 is 0 Å². The number of carbonyl (C=O) groups excluding carboxylic acids is 1. The topological polar surface area (TPSA) is 63.2 Å². The quantitative estimate of drug-likeness (QED) is 0.536. The minimum Gasteiger partial charge on any atom is -0.492 e. The molecule has 1 aromatic carbocycles. The van der Waals surface area contributed by atoms with Crippen LogP contribution >= 0.6 is 31.9 Å². The Hall–Kier alpha value is -0.960. The fraction of sp³-hybridized carbons (Fsp3) is 0.467. The highest BCUT2D eigenvalue weighted by molar-refractivity contribution is 9.11. The van der Waals surface area contributed by atoms with Crippen LogP contribution in [-0.2, 0) is 9.53 Å². The Labute approximate surface area is 152 Å². The predicted octanol–water partition coefficient (Wildman–Crippen LogP) is 2.39. The van der Waals surface area contributed by atoms with Crippen LogP contribution in [0.25, 0.3) is 0 Å². The number of rotatable bonds is 6. The van der Waals surface area contributed by atoms with Gasteiger partial charge in [-0.05, 0) is 35.0 Å². The second kappa shape index (κ2) is 9.36. The van der Waals surface area contributed by atoms with Crippen molar-refractivity contribution in [3.63, 3.8) is 0 Å². The Morgan fingerprint density at radius 2 is 2.17 bits per heavy atom. The van der Waals surface area contributed by atoms with E-state index in [9.17, 15) is 4.79 Å². The maximum atomic E-state index is 11.9. The maximum Gasteiger partial charge on any atom is 0.254 e. The van der Waals surface area contributed by atoms with Crippen LogP contribution in [0.1, 0.15) is 12.5 Å². The molecule has 1 aliphatic heterocycles. The highest BCUT2D eigenvalue weighted by Gasteiger charge is 2.13. The largest absolute Gasteiger partial charge is 0.492 e. The van der Waals surface area contributed by atoms with Gasteiger partial charge in [-0.2, -0.15) is 5.10 Å². The van der Waals surface area contributed by atoms with Crippen LogP contribution in [-0.4, -0.2) is 56.5 Å². The fourth-order valence-corrected chi connectivity index (χ4v) is 3.52. The average molecular weight is 449 g/mol. The van der Waals surface area contributed by atoms with Gasteiger partial charge in [-0.25, -0.2) is 5.43 Å². The lowest BCUT2D eigenvalue weighted by Gasteiger charge is -2.25. The molecule has 8 heteroatoms. The van der Waals surface area contributed by atoms with Crippen molar-refractivity contribution in [2.75, 3.05) is 39.5 Å². The molecule has 23 heavy (non-hydrogen) atoms. The number of benzene rings is 1. The first kappa shape index (κ1) is 18.4. The predicted molar refractivity (Wildman–Crippen MR) is 96.0 cm³/mol. The van der Waals surface area contributed by atoms with Crippen LogP contribution in [0.15, 0.2) is 26.2 Å². The SMILES string of the molecule is CCOc1c(Br)cc(Br)cc1/C=N\NC(=O)CN1CCOCC1. The van der Waals surface area contributed by atoms with Gasteiger partial charge in [0.1, 0.15) is 5.75 Å². The van der Waals surface area contributed by atoms with Crippen LogP contribution < -0.4 is 10.2 Å². The first-order valence-corrected chi connectivity index (χ1v) is 8.92. The summed E-state index contributed by atoms with van der Waals surface area (Å²) in [5, 5.41) is 4.03. The Kier molecular flexibility index (Phi) is 7.48. The summed E-state index contributed by atoms with van der Waals surface area (Å²) in [6, 6.07) is 3.78. The van der Waals surface area contributed by atoms with Crippen molar-refractivity contribution < 1.29 is 14.3 Å². The van der Waals surface area contributed by atoms with Crippen molar-refractivity contribution in [3.05, 3.63) is 26.6 Å². The molecule has 0 saturated carbocycles. The van der Waals surface area contributed by atoms with Crippen molar-refractivity contribution >= 4 is 44.0 Å². The van der Waals surface area contributed by atoms with Gasteiger partial charge >= 0.3 is 0 Å². The number of nitrogens with one attached hydrogen (secondary N) is 1. The summed E-state index contributed by atoms with van der Waals surface area (Å²) < 4.78 is 12.6. The molecule has 1 aromatic rings. The number of carbonyl (C=O) groups is 1. The lowest BCUT2D eigenvalue weighted by Crippen LogP contribution is -2.42. The summed E-state index contributed by atoms with van der Waals surface area (Å²) in [4.78, 5) is 13.9. The maximum absolute atomic E-state index is 11.9. The summed E-state index contributed by atoms with van der Waals surface area (Å²) in [7, 11) is 0. The van der Waals surface area contributed by atoms with Crippen LogP contribution in [0.4, 0.5) is 0 Å². The average Bonchev–Trinajstić information content (AvgIpc) is 2.51. The van der Waals surface area contributed by atoms with E-state index in [1.165, 1.54) is 0 Å². The minimum absolute atomic E-state index is 0.143. The normalized spacial score (nSPS) is 15.8. The minimum atomic E-state index is -0.143. The second-order valence-corrected chi connectivity index (χ2v) is 6.69. The summed E-state index contributed by atoms with van der Waals surface area (Å²) in [5.41, 5.74) is 3.33. The van der Waals surface area contributed by atoms with Gasteiger partial charge < -0.3 is 9.47 Å². The molecule has 0 aliphatic carbocycles. The van der Waals surface area contributed by atoms with Gasteiger partial charge in [0.05, 0.1) is 37.1 Å². The Morgan fingerprint density at radius 3 is 2.87 bits per heavy atom. The van der Waals surface area contributed by atoms with Crippen molar-refractivity contribution in [1.29, 1.82) is 0 Å². The highest BCUT2D eigenvalue weighted by Crippen LogP contribution is 2.32. The smallest absolute Gasteiger partial charge is 0.254 e. The molecule has 0 aromatic heterocycles. The van der Waals surface area contributed by atoms with Gasteiger partial charge in [-0.3, -0.25) is 9.69 Å². The number of hydrogen-bond donors (Lipinski definition) is 1. The first-order valence-electron chi connectivity index (χ1n) is 7.34. The van der Waals surface area contributed by atoms with Crippen LogP contribution in [0, 0.1) is 0 Å². The van der Waals surface area contributed by atoms with E-state index >= 15 is 0 Å². The molecule has 1 aliphatic rings. The van der Waals surface area contributed by atoms with Crippen LogP contribution in [0.2, 0.25) is 0 Å².